The van der Waals surface area contributed by atoms with E-state index < -0.39 is 23.4 Å². The third kappa shape index (κ3) is 3.73. The number of halogens is 2. The molecule has 3 aromatic rings. The molecule has 0 aliphatic carbocycles. The molecule has 0 radical (unpaired) electrons. The lowest BCUT2D eigenvalue weighted by molar-refractivity contribution is 0.255. The Morgan fingerprint density at radius 1 is 1.00 bits per heavy atom. The van der Waals surface area contributed by atoms with Crippen molar-refractivity contribution in [3.05, 3.63) is 83.4 Å². The van der Waals surface area contributed by atoms with Gasteiger partial charge in [-0.3, -0.25) is 4.90 Å². The summed E-state index contributed by atoms with van der Waals surface area (Å²) >= 11 is 0. The topological polar surface area (TPSA) is 66.6 Å². The van der Waals surface area contributed by atoms with Crippen molar-refractivity contribution in [3.8, 4) is 11.1 Å². The van der Waals surface area contributed by atoms with Crippen molar-refractivity contribution in [3.63, 3.8) is 0 Å². The number of aryl methyl sites for hydroxylation is 1. The molecular weight excluding hydrogens is 362 g/mol. The molecule has 0 bridgehead atoms. The third-order valence-electron chi connectivity index (χ3n) is 4.55. The van der Waals surface area contributed by atoms with Gasteiger partial charge in [0.2, 0.25) is 0 Å². The zero-order chi connectivity index (χ0) is 20.3. The molecule has 0 unspecified atom stereocenters. The quantitative estimate of drug-likeness (QED) is 0.672. The van der Waals surface area contributed by atoms with Crippen LogP contribution in [0.1, 0.15) is 11.1 Å². The van der Waals surface area contributed by atoms with Gasteiger partial charge in [-0.15, -0.1) is 0 Å². The van der Waals surface area contributed by atoms with Gasteiger partial charge in [-0.05, 0) is 59.9 Å². The molecule has 0 atom stereocenters. The summed E-state index contributed by atoms with van der Waals surface area (Å²) < 4.78 is 28.6. The first-order chi connectivity index (χ1) is 13.4. The van der Waals surface area contributed by atoms with E-state index in [2.05, 4.69) is 0 Å². The van der Waals surface area contributed by atoms with Crippen molar-refractivity contribution in [2.24, 2.45) is 5.73 Å². The van der Waals surface area contributed by atoms with Crippen LogP contribution >= 0.6 is 0 Å². The van der Waals surface area contributed by atoms with Crippen molar-refractivity contribution < 1.29 is 18.7 Å². The summed E-state index contributed by atoms with van der Waals surface area (Å²) in [5.41, 5.74) is 8.66. The predicted molar refractivity (Wildman–Crippen MR) is 105 cm³/mol. The molecular formula is C22H20F2N2O2. The number of urea groups is 1. The molecule has 3 aromatic carbocycles. The fraction of sp³-hybridized carbons (Fsp3) is 0.136. The summed E-state index contributed by atoms with van der Waals surface area (Å²) in [5, 5.41) is 9.39. The first-order valence-electron chi connectivity index (χ1n) is 8.77. The summed E-state index contributed by atoms with van der Waals surface area (Å²) in [6, 6.07) is 14.9. The number of benzene rings is 3. The third-order valence-corrected chi connectivity index (χ3v) is 4.55. The van der Waals surface area contributed by atoms with Crippen molar-refractivity contribution >= 4 is 17.4 Å². The first kappa shape index (κ1) is 19.5. The smallest absolute Gasteiger partial charge is 0.324 e. The number of hydrogen-bond donors (Lipinski definition) is 2. The Labute approximate surface area is 161 Å². The average molecular weight is 382 g/mol. The fourth-order valence-electron chi connectivity index (χ4n) is 3.24. The Balaban J connectivity index is 2.22. The number of primary amides is 1. The summed E-state index contributed by atoms with van der Waals surface area (Å²) in [4.78, 5) is 12.9. The highest BCUT2D eigenvalue weighted by Crippen LogP contribution is 2.35. The van der Waals surface area contributed by atoms with Crippen LogP contribution < -0.4 is 10.6 Å². The summed E-state index contributed by atoms with van der Waals surface area (Å²) in [6.07, 6.45) is 0.397. The van der Waals surface area contributed by atoms with Crippen molar-refractivity contribution in [2.75, 3.05) is 11.5 Å². The number of rotatable bonds is 5. The average Bonchev–Trinajstić information content (AvgIpc) is 2.66. The highest BCUT2D eigenvalue weighted by Gasteiger charge is 2.24. The van der Waals surface area contributed by atoms with Gasteiger partial charge in [-0.1, -0.05) is 36.4 Å². The molecule has 6 heteroatoms. The summed E-state index contributed by atoms with van der Waals surface area (Å²) in [7, 11) is 0. The molecule has 0 aliphatic rings. The number of para-hydroxylation sites is 1. The van der Waals surface area contributed by atoms with Gasteiger partial charge in [-0.25, -0.2) is 13.6 Å². The van der Waals surface area contributed by atoms with E-state index in [1.807, 2.05) is 31.2 Å². The molecule has 0 heterocycles. The maximum atomic E-state index is 14.3. The van der Waals surface area contributed by atoms with E-state index >= 15 is 0 Å². The second kappa shape index (κ2) is 8.19. The fourth-order valence-corrected chi connectivity index (χ4v) is 3.24. The summed E-state index contributed by atoms with van der Waals surface area (Å²) in [5.74, 6) is -1.79. The minimum absolute atomic E-state index is 0.0559. The number of anilines is 2. The van der Waals surface area contributed by atoms with Gasteiger partial charge in [0.15, 0.2) is 0 Å². The molecule has 4 nitrogen and oxygen atoms in total. The van der Waals surface area contributed by atoms with Crippen LogP contribution in [0.2, 0.25) is 0 Å². The Morgan fingerprint density at radius 2 is 1.68 bits per heavy atom. The van der Waals surface area contributed by atoms with Crippen LogP contribution in [-0.4, -0.2) is 17.7 Å². The van der Waals surface area contributed by atoms with Crippen LogP contribution in [0.3, 0.4) is 0 Å². The van der Waals surface area contributed by atoms with Crippen LogP contribution in [0.4, 0.5) is 25.0 Å². The van der Waals surface area contributed by atoms with E-state index in [-0.39, 0.29) is 12.3 Å². The largest absolute Gasteiger partial charge is 0.396 e. The normalized spacial score (nSPS) is 10.7. The van der Waals surface area contributed by atoms with E-state index in [1.165, 1.54) is 6.07 Å². The lowest BCUT2D eigenvalue weighted by Crippen LogP contribution is -2.33. The minimum atomic E-state index is -1.00. The number of carbonyl (C=O) groups excluding carboxylic acids is 1. The van der Waals surface area contributed by atoms with Crippen LogP contribution in [-0.2, 0) is 6.42 Å². The number of nitrogens with two attached hydrogens (primary N) is 1. The Hall–Kier alpha value is -3.25. The number of nitrogens with zero attached hydrogens (tertiary/aromatic N) is 1. The maximum absolute atomic E-state index is 14.3. The van der Waals surface area contributed by atoms with Crippen molar-refractivity contribution in [1.82, 2.24) is 0 Å². The van der Waals surface area contributed by atoms with Gasteiger partial charge in [0.1, 0.15) is 17.3 Å². The monoisotopic (exact) mass is 382 g/mol. The van der Waals surface area contributed by atoms with Crippen LogP contribution in [0.25, 0.3) is 11.1 Å². The van der Waals surface area contributed by atoms with Gasteiger partial charge in [0, 0.05) is 6.61 Å². The number of hydrogen-bond acceptors (Lipinski definition) is 2. The molecule has 0 spiro atoms. The van der Waals surface area contributed by atoms with Crippen LogP contribution in [0, 0.1) is 18.6 Å². The molecule has 0 fully saturated rings. The van der Waals surface area contributed by atoms with Gasteiger partial charge in [0.25, 0.3) is 0 Å². The Bertz CT molecular complexity index is 1000. The minimum Gasteiger partial charge on any atom is -0.396 e. The predicted octanol–water partition coefficient (Wildman–Crippen LogP) is 4.69. The second-order valence-corrected chi connectivity index (χ2v) is 6.37. The Kier molecular flexibility index (Phi) is 5.70. The second-order valence-electron chi connectivity index (χ2n) is 6.37. The highest BCUT2D eigenvalue weighted by atomic mass is 19.1. The van der Waals surface area contributed by atoms with E-state index in [1.54, 1.807) is 18.2 Å². The van der Waals surface area contributed by atoms with E-state index in [0.717, 1.165) is 39.3 Å². The molecule has 3 rings (SSSR count). The molecule has 3 N–H and O–H groups in total. The molecule has 0 saturated heterocycles. The van der Waals surface area contributed by atoms with Crippen molar-refractivity contribution in [1.29, 1.82) is 0 Å². The number of aliphatic hydroxyl groups is 1. The van der Waals surface area contributed by atoms with E-state index in [4.69, 9.17) is 5.73 Å². The highest BCUT2D eigenvalue weighted by molar-refractivity contribution is 5.99. The van der Waals surface area contributed by atoms with Crippen LogP contribution in [0.15, 0.2) is 60.7 Å². The Morgan fingerprint density at radius 3 is 2.29 bits per heavy atom. The lowest BCUT2D eigenvalue weighted by atomic mass is 9.94. The maximum Gasteiger partial charge on any atom is 0.324 e. The molecule has 28 heavy (non-hydrogen) atoms. The van der Waals surface area contributed by atoms with Crippen LogP contribution in [0.5, 0.6) is 0 Å². The van der Waals surface area contributed by atoms with E-state index in [0.29, 0.717) is 6.42 Å². The molecule has 0 aliphatic heterocycles. The number of aliphatic hydroxyl groups excluding tert-OH is 1. The first-order valence-corrected chi connectivity index (χ1v) is 8.77. The molecule has 2 amide bonds. The lowest BCUT2D eigenvalue weighted by Gasteiger charge is -2.23. The zero-order valence-corrected chi connectivity index (χ0v) is 15.3. The summed E-state index contributed by atoms with van der Waals surface area (Å²) in [6.45, 7) is 1.88. The molecule has 144 valence electrons. The van der Waals surface area contributed by atoms with Gasteiger partial charge in [-0.2, -0.15) is 0 Å². The van der Waals surface area contributed by atoms with Gasteiger partial charge < -0.3 is 10.8 Å². The molecule has 0 aromatic heterocycles. The molecule has 0 saturated carbocycles. The standard InChI is InChI=1S/C22H20F2N2O2/c1-14-5-2-3-6-17(14)18-13-16(10-9-15(18)11-12-27)26(22(25)28)21-19(23)7-4-8-20(21)24/h2-10,13,27H,11-12H2,1H3,(H2,25,28). The zero-order valence-electron chi connectivity index (χ0n) is 15.3. The number of amides is 2. The number of carbonyl (C=O) groups is 1. The van der Waals surface area contributed by atoms with Gasteiger partial charge >= 0.3 is 6.03 Å². The van der Waals surface area contributed by atoms with Crippen molar-refractivity contribution in [2.45, 2.75) is 13.3 Å². The SMILES string of the molecule is Cc1ccccc1-c1cc(N(C(N)=O)c2c(F)cccc2F)ccc1CCO. The van der Waals surface area contributed by atoms with Gasteiger partial charge in [0.05, 0.1) is 5.69 Å². The van der Waals surface area contributed by atoms with E-state index in [9.17, 15) is 18.7 Å².